The Balaban J connectivity index is 2.07. The minimum Gasteiger partial charge on any atom is -0.381 e. The van der Waals surface area contributed by atoms with E-state index in [0.717, 1.165) is 17.8 Å². The summed E-state index contributed by atoms with van der Waals surface area (Å²) in [5.74, 6) is 0. The molecule has 0 aromatic heterocycles. The van der Waals surface area contributed by atoms with E-state index < -0.39 is 0 Å². The lowest BCUT2D eigenvalue weighted by Crippen LogP contribution is -2.01. The minimum atomic E-state index is 0.835. The highest BCUT2D eigenvalue weighted by Gasteiger charge is 1.99. The highest BCUT2D eigenvalue weighted by atomic mass is 14.9. The van der Waals surface area contributed by atoms with E-state index in [9.17, 15) is 0 Å². The topological polar surface area (TPSA) is 35.9 Å². The molecule has 0 aliphatic rings. The number of hydrogen-bond donors (Lipinski definition) is 2. The van der Waals surface area contributed by atoms with E-state index in [4.69, 9.17) is 5.41 Å². The molecule has 0 aliphatic carbocycles. The summed E-state index contributed by atoms with van der Waals surface area (Å²) in [6.07, 6.45) is 4.99. The van der Waals surface area contributed by atoms with Gasteiger partial charge in [0.15, 0.2) is 0 Å². The van der Waals surface area contributed by atoms with Gasteiger partial charge < -0.3 is 10.7 Å². The molecule has 0 fully saturated rings. The number of benzene rings is 2. The van der Waals surface area contributed by atoms with Crippen LogP contribution in [0.25, 0.3) is 6.08 Å². The van der Waals surface area contributed by atoms with Crippen molar-refractivity contribution in [2.45, 2.75) is 20.4 Å². The van der Waals surface area contributed by atoms with E-state index in [2.05, 4.69) is 61.6 Å². The van der Waals surface area contributed by atoms with Crippen LogP contribution in [0.4, 0.5) is 5.69 Å². The first-order valence-corrected chi connectivity index (χ1v) is 6.77. The van der Waals surface area contributed by atoms with Gasteiger partial charge in [0.1, 0.15) is 0 Å². The van der Waals surface area contributed by atoms with Crippen molar-refractivity contribution in [3.8, 4) is 0 Å². The van der Waals surface area contributed by atoms with Crippen molar-refractivity contribution in [2.75, 3.05) is 5.32 Å². The molecular weight excluding hydrogens is 244 g/mol. The lowest BCUT2D eigenvalue weighted by molar-refractivity contribution is 1.12. The van der Waals surface area contributed by atoms with Gasteiger partial charge in [-0.1, -0.05) is 36.4 Å². The van der Waals surface area contributed by atoms with Crippen molar-refractivity contribution < 1.29 is 0 Å². The number of hydrogen-bond acceptors (Lipinski definition) is 2. The molecular formula is C18H20N2. The molecule has 0 spiro atoms. The molecule has 0 aliphatic heterocycles. The Hall–Kier alpha value is -2.35. The summed E-state index contributed by atoms with van der Waals surface area (Å²) in [6.45, 7) is 5.05. The van der Waals surface area contributed by atoms with Gasteiger partial charge in [-0.05, 0) is 54.3 Å². The van der Waals surface area contributed by atoms with Crippen LogP contribution in [0.1, 0.15) is 22.3 Å². The van der Waals surface area contributed by atoms with Crippen molar-refractivity contribution in [2.24, 2.45) is 0 Å². The van der Waals surface area contributed by atoms with Crippen molar-refractivity contribution in [3.63, 3.8) is 0 Å². The average molecular weight is 264 g/mol. The van der Waals surface area contributed by atoms with Crippen LogP contribution < -0.4 is 5.32 Å². The number of rotatable bonds is 5. The first-order valence-electron chi connectivity index (χ1n) is 6.77. The first-order chi connectivity index (χ1) is 9.70. The van der Waals surface area contributed by atoms with Crippen molar-refractivity contribution >= 4 is 18.0 Å². The van der Waals surface area contributed by atoms with Gasteiger partial charge >= 0.3 is 0 Å². The fourth-order valence-electron chi connectivity index (χ4n) is 2.13. The number of allylic oxidation sites excluding steroid dienone is 1. The summed E-state index contributed by atoms with van der Waals surface area (Å²) in [5.41, 5.74) is 6.10. The molecule has 0 atom stereocenters. The molecule has 2 heteroatoms. The third kappa shape index (κ3) is 3.58. The Morgan fingerprint density at radius 2 is 1.85 bits per heavy atom. The summed E-state index contributed by atoms with van der Waals surface area (Å²) >= 11 is 0. The van der Waals surface area contributed by atoms with E-state index in [1.165, 1.54) is 22.9 Å². The zero-order chi connectivity index (χ0) is 14.4. The number of anilines is 1. The van der Waals surface area contributed by atoms with E-state index in [0.29, 0.717) is 0 Å². The molecule has 2 nitrogen and oxygen atoms in total. The molecule has 0 saturated heterocycles. The lowest BCUT2D eigenvalue weighted by atomic mass is 10.1. The van der Waals surface area contributed by atoms with Gasteiger partial charge in [0.05, 0.1) is 0 Å². The van der Waals surface area contributed by atoms with Crippen molar-refractivity contribution in [1.82, 2.24) is 0 Å². The molecule has 2 aromatic rings. The van der Waals surface area contributed by atoms with Crippen LogP contribution in [0.3, 0.4) is 0 Å². The fraction of sp³-hybridized carbons (Fsp3) is 0.167. The summed E-state index contributed by atoms with van der Waals surface area (Å²) in [6, 6.07) is 14.7. The second kappa shape index (κ2) is 6.71. The summed E-state index contributed by atoms with van der Waals surface area (Å²) < 4.78 is 0. The second-order valence-corrected chi connectivity index (χ2v) is 4.88. The third-order valence-corrected chi connectivity index (χ3v) is 3.39. The van der Waals surface area contributed by atoms with Crippen LogP contribution in [0, 0.1) is 19.3 Å². The van der Waals surface area contributed by atoms with E-state index >= 15 is 0 Å². The van der Waals surface area contributed by atoms with E-state index in [1.54, 1.807) is 6.08 Å². The van der Waals surface area contributed by atoms with Gasteiger partial charge in [-0.25, -0.2) is 0 Å². The predicted molar refractivity (Wildman–Crippen MR) is 87.5 cm³/mol. The van der Waals surface area contributed by atoms with Crippen LogP contribution in [0.5, 0.6) is 0 Å². The molecule has 0 amide bonds. The standard InChI is InChI=1S/C18H20N2/c1-14-6-3-4-7-17(14)13-20-18-10-9-16(8-5-11-19)15(2)12-18/h3-12,19-20H,13H2,1-2H3/b8-5+,19-11?. The van der Waals surface area contributed by atoms with Crippen LogP contribution in [0.15, 0.2) is 48.5 Å². The van der Waals surface area contributed by atoms with Gasteiger partial charge in [-0.3, -0.25) is 0 Å². The SMILES string of the molecule is Cc1cc(NCc2ccccc2C)ccc1/C=C/C=N. The molecule has 2 rings (SSSR count). The molecule has 2 aromatic carbocycles. The zero-order valence-corrected chi connectivity index (χ0v) is 12.0. The van der Waals surface area contributed by atoms with Crippen LogP contribution in [-0.4, -0.2) is 6.21 Å². The fourth-order valence-corrected chi connectivity index (χ4v) is 2.13. The monoisotopic (exact) mass is 264 g/mol. The molecule has 0 bridgehead atoms. The maximum atomic E-state index is 7.02. The Labute approximate surface area is 120 Å². The van der Waals surface area contributed by atoms with Gasteiger partial charge in [-0.2, -0.15) is 0 Å². The van der Waals surface area contributed by atoms with Crippen molar-refractivity contribution in [3.05, 3.63) is 70.8 Å². The smallest absolute Gasteiger partial charge is 0.0403 e. The largest absolute Gasteiger partial charge is 0.381 e. The number of aryl methyl sites for hydroxylation is 2. The number of nitrogens with one attached hydrogen (secondary N) is 2. The molecule has 0 heterocycles. The van der Waals surface area contributed by atoms with Gasteiger partial charge in [0.2, 0.25) is 0 Å². The molecule has 0 radical (unpaired) electrons. The molecule has 20 heavy (non-hydrogen) atoms. The highest BCUT2D eigenvalue weighted by Crippen LogP contribution is 2.18. The lowest BCUT2D eigenvalue weighted by Gasteiger charge is -2.10. The van der Waals surface area contributed by atoms with E-state index in [1.807, 2.05) is 6.08 Å². The third-order valence-electron chi connectivity index (χ3n) is 3.39. The molecule has 0 saturated carbocycles. The zero-order valence-electron chi connectivity index (χ0n) is 12.0. The summed E-state index contributed by atoms with van der Waals surface area (Å²) in [7, 11) is 0. The molecule has 0 unspecified atom stereocenters. The Kier molecular flexibility index (Phi) is 4.72. The van der Waals surface area contributed by atoms with E-state index in [-0.39, 0.29) is 0 Å². The quantitative estimate of drug-likeness (QED) is 0.762. The normalized spacial score (nSPS) is 10.7. The van der Waals surface area contributed by atoms with Gasteiger partial charge in [-0.15, -0.1) is 0 Å². The molecule has 2 N–H and O–H groups in total. The first kappa shape index (κ1) is 14.1. The Morgan fingerprint density at radius 1 is 1.05 bits per heavy atom. The summed E-state index contributed by atoms with van der Waals surface area (Å²) in [5, 5.41) is 10.5. The maximum Gasteiger partial charge on any atom is 0.0403 e. The van der Waals surface area contributed by atoms with Gasteiger partial charge in [0, 0.05) is 18.4 Å². The highest BCUT2D eigenvalue weighted by molar-refractivity contribution is 5.76. The van der Waals surface area contributed by atoms with Gasteiger partial charge in [0.25, 0.3) is 0 Å². The van der Waals surface area contributed by atoms with Crippen LogP contribution in [-0.2, 0) is 6.54 Å². The second-order valence-electron chi connectivity index (χ2n) is 4.88. The minimum absolute atomic E-state index is 0.835. The predicted octanol–water partition coefficient (Wildman–Crippen LogP) is 4.58. The molecule has 102 valence electrons. The van der Waals surface area contributed by atoms with Crippen LogP contribution >= 0.6 is 0 Å². The Morgan fingerprint density at radius 3 is 2.55 bits per heavy atom. The Bertz CT molecular complexity index is 627. The van der Waals surface area contributed by atoms with Crippen LogP contribution in [0.2, 0.25) is 0 Å². The van der Waals surface area contributed by atoms with Crippen molar-refractivity contribution in [1.29, 1.82) is 5.41 Å². The average Bonchev–Trinajstić information content (AvgIpc) is 2.45. The summed E-state index contributed by atoms with van der Waals surface area (Å²) in [4.78, 5) is 0. The maximum absolute atomic E-state index is 7.02.